The zero-order chi connectivity index (χ0) is 24.2. The average molecular weight is 486 g/mol. The summed E-state index contributed by atoms with van der Waals surface area (Å²) in [6.07, 6.45) is 5.39. The Labute approximate surface area is 203 Å². The van der Waals surface area contributed by atoms with E-state index in [0.29, 0.717) is 41.9 Å². The number of halogens is 2. The summed E-state index contributed by atoms with van der Waals surface area (Å²) in [5, 5.41) is 1.41. The molecule has 3 heterocycles. The Kier molecular flexibility index (Phi) is 5.67. The fraction of sp³-hybridized carbons (Fsp3) is 0.480. The summed E-state index contributed by atoms with van der Waals surface area (Å²) >= 11 is 6.18. The minimum Gasteiger partial charge on any atom is -0.444 e. The fourth-order valence-corrected chi connectivity index (χ4v) is 4.78. The molecule has 1 amide bonds. The van der Waals surface area contributed by atoms with E-state index in [1.165, 1.54) is 12.4 Å². The van der Waals surface area contributed by atoms with Gasteiger partial charge < -0.3 is 14.5 Å². The number of rotatable bonds is 3. The van der Waals surface area contributed by atoms with Gasteiger partial charge in [-0.25, -0.2) is 19.2 Å². The van der Waals surface area contributed by atoms with Crippen LogP contribution in [0.3, 0.4) is 0 Å². The number of ether oxygens (including phenoxy) is 1. The molecule has 0 spiro atoms. The summed E-state index contributed by atoms with van der Waals surface area (Å²) in [6.45, 7) is 9.40. The highest BCUT2D eigenvalue weighted by Gasteiger charge is 2.35. The molecule has 1 saturated heterocycles. The average Bonchev–Trinajstić information content (AvgIpc) is 3.54. The molecule has 0 radical (unpaired) electrons. The Bertz CT molecular complexity index is 1250. The molecule has 0 unspecified atom stereocenters. The Morgan fingerprint density at radius 3 is 2.65 bits per heavy atom. The van der Waals surface area contributed by atoms with Gasteiger partial charge >= 0.3 is 6.09 Å². The second-order valence-corrected chi connectivity index (χ2v) is 10.6. The van der Waals surface area contributed by atoms with E-state index in [1.54, 1.807) is 21.6 Å². The third kappa shape index (κ3) is 4.31. The van der Waals surface area contributed by atoms with Gasteiger partial charge in [-0.1, -0.05) is 11.6 Å². The molecule has 2 aliphatic rings. The number of carbonyl (C=O) groups is 1. The van der Waals surface area contributed by atoms with Crippen molar-refractivity contribution in [1.29, 1.82) is 0 Å². The van der Waals surface area contributed by atoms with Crippen LogP contribution in [0.4, 0.5) is 15.0 Å². The Morgan fingerprint density at radius 2 is 1.97 bits per heavy atom. The lowest BCUT2D eigenvalue weighted by molar-refractivity contribution is 0.0159. The maximum Gasteiger partial charge on any atom is 0.410 e. The van der Waals surface area contributed by atoms with Gasteiger partial charge in [0.15, 0.2) is 0 Å². The lowest BCUT2D eigenvalue weighted by Gasteiger charge is -2.40. The largest absolute Gasteiger partial charge is 0.444 e. The molecular weight excluding hydrogens is 457 g/mol. The van der Waals surface area contributed by atoms with Crippen LogP contribution in [-0.4, -0.2) is 56.8 Å². The van der Waals surface area contributed by atoms with E-state index >= 15 is 0 Å². The number of piperazine rings is 1. The highest BCUT2D eigenvalue weighted by Crippen LogP contribution is 2.46. The first kappa shape index (κ1) is 22.9. The molecule has 34 heavy (non-hydrogen) atoms. The fourth-order valence-electron chi connectivity index (χ4n) is 4.61. The summed E-state index contributed by atoms with van der Waals surface area (Å²) in [6, 6.07) is 4.49. The van der Waals surface area contributed by atoms with Crippen molar-refractivity contribution in [3.63, 3.8) is 0 Å². The van der Waals surface area contributed by atoms with E-state index in [0.717, 1.165) is 29.6 Å². The minimum atomic E-state index is -0.537. The number of aromatic nitrogens is 3. The normalized spacial score (nSPS) is 19.1. The van der Waals surface area contributed by atoms with Crippen molar-refractivity contribution in [2.75, 3.05) is 24.5 Å². The van der Waals surface area contributed by atoms with Crippen LogP contribution in [0.15, 0.2) is 30.7 Å². The number of benzene rings is 1. The third-order valence-corrected chi connectivity index (χ3v) is 6.57. The molecule has 3 aromatic rings. The lowest BCUT2D eigenvalue weighted by atomic mass is 10.1. The SMILES string of the molecule is C[C@@H]1CN(c2ncnc3c2c(C2CC2)cn3-c2cc(Cl)ccc2F)CCN1C(=O)OC(C)(C)C. The standard InChI is InChI=1S/C25H29ClFN5O2/c1-15-12-30(9-10-31(15)24(33)34-25(2,3)4)22-21-18(16-5-6-16)13-32(23(21)29-14-28-22)20-11-17(26)7-8-19(20)27/h7-8,11,13-16H,5-6,9-10,12H2,1-4H3/t15-/m1/s1. The van der Waals surface area contributed by atoms with Crippen LogP contribution in [0, 0.1) is 5.82 Å². The van der Waals surface area contributed by atoms with Crippen LogP contribution in [0.1, 0.15) is 52.0 Å². The number of carbonyl (C=O) groups excluding carboxylic acids is 1. The van der Waals surface area contributed by atoms with Crippen LogP contribution >= 0.6 is 11.6 Å². The summed E-state index contributed by atoms with van der Waals surface area (Å²) in [5.41, 5.74) is 1.63. The van der Waals surface area contributed by atoms with Gasteiger partial charge in [-0.2, -0.15) is 0 Å². The highest BCUT2D eigenvalue weighted by molar-refractivity contribution is 6.30. The number of nitrogens with zero attached hydrogens (tertiary/aromatic N) is 5. The van der Waals surface area contributed by atoms with Crippen molar-refractivity contribution >= 4 is 34.5 Å². The van der Waals surface area contributed by atoms with E-state index in [9.17, 15) is 9.18 Å². The number of anilines is 1. The molecule has 1 saturated carbocycles. The molecule has 0 N–H and O–H groups in total. The number of hydrogen-bond donors (Lipinski definition) is 0. The van der Waals surface area contributed by atoms with Gasteiger partial charge in [0, 0.05) is 36.9 Å². The van der Waals surface area contributed by atoms with E-state index in [4.69, 9.17) is 16.3 Å². The molecule has 1 aliphatic carbocycles. The van der Waals surface area contributed by atoms with Crippen LogP contribution in [0.5, 0.6) is 0 Å². The first-order valence-electron chi connectivity index (χ1n) is 11.7. The maximum atomic E-state index is 14.8. The van der Waals surface area contributed by atoms with Gasteiger partial charge in [-0.15, -0.1) is 0 Å². The smallest absolute Gasteiger partial charge is 0.410 e. The zero-order valence-corrected chi connectivity index (χ0v) is 20.6. The molecule has 180 valence electrons. The van der Waals surface area contributed by atoms with Crippen molar-refractivity contribution in [3.05, 3.63) is 47.1 Å². The number of hydrogen-bond acceptors (Lipinski definition) is 5. The zero-order valence-electron chi connectivity index (χ0n) is 19.9. The van der Waals surface area contributed by atoms with Crippen molar-refractivity contribution < 1.29 is 13.9 Å². The molecule has 1 aliphatic heterocycles. The van der Waals surface area contributed by atoms with E-state index in [2.05, 4.69) is 14.9 Å². The van der Waals surface area contributed by atoms with Crippen LogP contribution < -0.4 is 4.90 Å². The van der Waals surface area contributed by atoms with E-state index < -0.39 is 5.60 Å². The lowest BCUT2D eigenvalue weighted by Crippen LogP contribution is -2.55. The molecule has 1 atom stereocenters. The van der Waals surface area contributed by atoms with Crippen molar-refractivity contribution in [2.45, 2.75) is 58.1 Å². The summed E-state index contributed by atoms with van der Waals surface area (Å²) < 4.78 is 22.1. The predicted octanol–water partition coefficient (Wildman–Crippen LogP) is 5.54. The molecular formula is C25H29ClFN5O2. The topological polar surface area (TPSA) is 63.5 Å². The van der Waals surface area contributed by atoms with Crippen molar-refractivity contribution in [3.8, 4) is 5.69 Å². The molecule has 9 heteroatoms. The third-order valence-electron chi connectivity index (χ3n) is 6.33. The van der Waals surface area contributed by atoms with Crippen LogP contribution in [-0.2, 0) is 4.74 Å². The van der Waals surface area contributed by atoms with Gasteiger partial charge in [-0.3, -0.25) is 4.57 Å². The second kappa shape index (κ2) is 8.41. The van der Waals surface area contributed by atoms with E-state index in [-0.39, 0.29) is 18.0 Å². The first-order valence-corrected chi connectivity index (χ1v) is 12.1. The summed E-state index contributed by atoms with van der Waals surface area (Å²) in [7, 11) is 0. The van der Waals surface area contributed by atoms with Gasteiger partial charge in [0.05, 0.1) is 11.1 Å². The quantitative estimate of drug-likeness (QED) is 0.487. The second-order valence-electron chi connectivity index (χ2n) is 10.2. The van der Waals surface area contributed by atoms with E-state index in [1.807, 2.05) is 33.9 Å². The molecule has 1 aromatic carbocycles. The van der Waals surface area contributed by atoms with Crippen molar-refractivity contribution in [2.24, 2.45) is 0 Å². The van der Waals surface area contributed by atoms with Gasteiger partial charge in [0.25, 0.3) is 0 Å². The number of amides is 1. The first-order chi connectivity index (χ1) is 16.1. The monoisotopic (exact) mass is 485 g/mol. The summed E-state index contributed by atoms with van der Waals surface area (Å²) in [4.78, 5) is 25.8. The van der Waals surface area contributed by atoms with Gasteiger partial charge in [-0.05, 0) is 70.2 Å². The van der Waals surface area contributed by atoms with Gasteiger partial charge in [0.2, 0.25) is 0 Å². The Balaban J connectivity index is 1.51. The van der Waals surface area contributed by atoms with Crippen LogP contribution in [0.2, 0.25) is 5.02 Å². The van der Waals surface area contributed by atoms with Gasteiger partial charge in [0.1, 0.15) is 29.2 Å². The molecule has 2 fully saturated rings. The van der Waals surface area contributed by atoms with Crippen molar-refractivity contribution in [1.82, 2.24) is 19.4 Å². The Hall–Kier alpha value is -2.87. The predicted molar refractivity (Wildman–Crippen MR) is 130 cm³/mol. The molecule has 2 aromatic heterocycles. The highest BCUT2D eigenvalue weighted by atomic mass is 35.5. The van der Waals surface area contributed by atoms with Crippen LogP contribution in [0.25, 0.3) is 16.7 Å². The molecule has 7 nitrogen and oxygen atoms in total. The minimum absolute atomic E-state index is 0.0505. The maximum absolute atomic E-state index is 14.8. The Morgan fingerprint density at radius 1 is 1.21 bits per heavy atom. The summed E-state index contributed by atoms with van der Waals surface area (Å²) in [5.74, 6) is 0.878. The molecule has 5 rings (SSSR count). The number of fused-ring (bicyclic) bond motifs is 1. The molecule has 0 bridgehead atoms.